The number of rotatable bonds is 0. The summed E-state index contributed by atoms with van der Waals surface area (Å²) in [6, 6.07) is 2.00. The lowest BCUT2D eigenvalue weighted by Crippen LogP contribution is -2.12. The average molecular weight is 223 g/mol. The monoisotopic (exact) mass is 222 g/mol. The zero-order chi connectivity index (χ0) is 11.2. The second kappa shape index (κ2) is 3.24. The third-order valence-electron chi connectivity index (χ3n) is 2.49. The summed E-state index contributed by atoms with van der Waals surface area (Å²) in [6.07, 6.45) is 4.09. The van der Waals surface area contributed by atoms with Crippen LogP contribution in [0.3, 0.4) is 0 Å². The van der Waals surface area contributed by atoms with Crippen LogP contribution >= 0.6 is 11.6 Å². The highest BCUT2D eigenvalue weighted by atomic mass is 35.5. The van der Waals surface area contributed by atoms with Gasteiger partial charge in [-0.3, -0.25) is 0 Å². The van der Waals surface area contributed by atoms with E-state index in [1.165, 1.54) is 5.56 Å². The van der Waals surface area contributed by atoms with E-state index in [-0.39, 0.29) is 5.41 Å². The lowest BCUT2D eigenvalue weighted by molar-refractivity contribution is 0.586. The smallest absolute Gasteiger partial charge is 0.155 e. The first-order valence-electron chi connectivity index (χ1n) is 5.03. The van der Waals surface area contributed by atoms with E-state index in [4.69, 9.17) is 11.6 Å². The van der Waals surface area contributed by atoms with Crippen molar-refractivity contribution in [3.8, 4) is 0 Å². The number of hydrogen-bond donors (Lipinski definition) is 0. The minimum atomic E-state index is 0.107. The normalized spacial score (nSPS) is 12.3. The minimum Gasteiger partial charge on any atom is -0.305 e. The van der Waals surface area contributed by atoms with E-state index >= 15 is 0 Å². The average Bonchev–Trinajstić information content (AvgIpc) is 2.44. The van der Waals surface area contributed by atoms with Crippen molar-refractivity contribution in [2.24, 2.45) is 0 Å². The van der Waals surface area contributed by atoms with Crippen molar-refractivity contribution in [3.63, 3.8) is 0 Å². The van der Waals surface area contributed by atoms with Crippen LogP contribution in [0.1, 0.15) is 32.0 Å². The summed E-state index contributed by atoms with van der Waals surface area (Å²) in [4.78, 5) is 4.37. The first-order chi connectivity index (χ1) is 6.88. The molecule has 0 aliphatic heterocycles. The Labute approximate surface area is 94.9 Å². The van der Waals surface area contributed by atoms with Gasteiger partial charge in [-0.1, -0.05) is 32.4 Å². The summed E-state index contributed by atoms with van der Waals surface area (Å²) < 4.78 is 2.00. The van der Waals surface area contributed by atoms with Crippen LogP contribution < -0.4 is 0 Å². The summed E-state index contributed by atoms with van der Waals surface area (Å²) in [5, 5.41) is 0.718. The second-order valence-electron chi connectivity index (χ2n) is 4.94. The van der Waals surface area contributed by atoms with Crippen molar-refractivity contribution in [1.82, 2.24) is 9.38 Å². The molecule has 2 aromatic heterocycles. The van der Waals surface area contributed by atoms with Gasteiger partial charge in [0.25, 0.3) is 0 Å². The molecule has 0 aliphatic rings. The molecule has 0 amide bonds. The van der Waals surface area contributed by atoms with Crippen LogP contribution in [0.25, 0.3) is 5.65 Å². The summed E-state index contributed by atoms with van der Waals surface area (Å²) in [5.41, 5.74) is 3.15. The van der Waals surface area contributed by atoms with E-state index in [1.54, 1.807) is 0 Å². The molecule has 0 bridgehead atoms. The van der Waals surface area contributed by atoms with Gasteiger partial charge in [0.1, 0.15) is 0 Å². The van der Waals surface area contributed by atoms with E-state index in [0.29, 0.717) is 0 Å². The minimum absolute atomic E-state index is 0.107. The molecule has 2 aromatic rings. The Morgan fingerprint density at radius 2 is 1.93 bits per heavy atom. The largest absolute Gasteiger partial charge is 0.305 e. The molecule has 80 valence electrons. The van der Waals surface area contributed by atoms with Crippen molar-refractivity contribution < 1.29 is 0 Å². The van der Waals surface area contributed by atoms with Gasteiger partial charge in [0.15, 0.2) is 5.65 Å². The van der Waals surface area contributed by atoms with E-state index in [0.717, 1.165) is 16.4 Å². The maximum absolute atomic E-state index is 6.20. The summed E-state index contributed by atoms with van der Waals surface area (Å²) in [5.74, 6) is 0. The van der Waals surface area contributed by atoms with Crippen LogP contribution in [0.4, 0.5) is 0 Å². The summed E-state index contributed by atoms with van der Waals surface area (Å²) in [6.45, 7) is 8.50. The fourth-order valence-corrected chi connectivity index (χ4v) is 1.85. The van der Waals surface area contributed by atoms with Crippen molar-refractivity contribution in [1.29, 1.82) is 0 Å². The lowest BCUT2D eigenvalue weighted by atomic mass is 9.88. The van der Waals surface area contributed by atoms with E-state index in [1.807, 2.05) is 23.6 Å². The Balaban J connectivity index is 2.72. The Morgan fingerprint density at radius 1 is 1.27 bits per heavy atom. The van der Waals surface area contributed by atoms with Gasteiger partial charge < -0.3 is 4.40 Å². The number of nitrogens with zero attached hydrogens (tertiary/aromatic N) is 2. The van der Waals surface area contributed by atoms with Crippen LogP contribution in [0.15, 0.2) is 18.5 Å². The first kappa shape index (κ1) is 10.5. The zero-order valence-electron chi connectivity index (χ0n) is 9.50. The molecule has 0 saturated carbocycles. The molecule has 15 heavy (non-hydrogen) atoms. The maximum atomic E-state index is 6.20. The molecule has 0 aliphatic carbocycles. The van der Waals surface area contributed by atoms with Crippen LogP contribution in [-0.4, -0.2) is 9.38 Å². The number of imidazole rings is 1. The molecule has 0 unspecified atom stereocenters. The van der Waals surface area contributed by atoms with Gasteiger partial charge >= 0.3 is 0 Å². The number of halogens is 1. The van der Waals surface area contributed by atoms with Gasteiger partial charge in [-0.25, -0.2) is 4.98 Å². The van der Waals surface area contributed by atoms with E-state index < -0.39 is 0 Å². The number of hydrogen-bond acceptors (Lipinski definition) is 1. The van der Waals surface area contributed by atoms with E-state index in [2.05, 4.69) is 32.0 Å². The molecule has 3 heteroatoms. The van der Waals surface area contributed by atoms with Crippen molar-refractivity contribution in [2.45, 2.75) is 33.1 Å². The second-order valence-corrected chi connectivity index (χ2v) is 5.35. The molecule has 2 nitrogen and oxygen atoms in total. The van der Waals surface area contributed by atoms with Gasteiger partial charge in [0.05, 0.1) is 10.7 Å². The summed E-state index contributed by atoms with van der Waals surface area (Å²) >= 11 is 6.20. The first-order valence-corrected chi connectivity index (χ1v) is 5.41. The molecular formula is C12H15ClN2. The lowest BCUT2D eigenvalue weighted by Gasteiger charge is -2.19. The Hall–Kier alpha value is -1.02. The molecular weight excluding hydrogens is 208 g/mol. The molecule has 0 radical (unpaired) electrons. The fraction of sp³-hybridized carbons (Fsp3) is 0.417. The zero-order valence-corrected chi connectivity index (χ0v) is 10.3. The highest BCUT2D eigenvalue weighted by Crippen LogP contribution is 2.27. The molecule has 0 fully saturated rings. The van der Waals surface area contributed by atoms with Crippen LogP contribution in [0.5, 0.6) is 0 Å². The van der Waals surface area contributed by atoms with Gasteiger partial charge in [-0.15, -0.1) is 0 Å². The van der Waals surface area contributed by atoms with Crippen LogP contribution in [0, 0.1) is 6.92 Å². The van der Waals surface area contributed by atoms with Crippen LogP contribution in [0.2, 0.25) is 5.02 Å². The van der Waals surface area contributed by atoms with Gasteiger partial charge in [-0.2, -0.15) is 0 Å². The Morgan fingerprint density at radius 3 is 2.53 bits per heavy atom. The number of fused-ring (bicyclic) bond motifs is 1. The highest BCUT2D eigenvalue weighted by molar-refractivity contribution is 6.33. The standard InChI is InChI=1S/C12H15ClN2/c1-8-6-15-7-9(12(2,3)4)5-10(13)11(15)14-8/h5-7H,1-4H3. The predicted octanol–water partition coefficient (Wildman–Crippen LogP) is 3.59. The quantitative estimate of drug-likeness (QED) is 0.666. The predicted molar refractivity (Wildman–Crippen MR) is 63.6 cm³/mol. The molecule has 2 rings (SSSR count). The Bertz CT molecular complexity index is 506. The number of pyridine rings is 1. The SMILES string of the molecule is Cc1cn2cc(C(C)(C)C)cc(Cl)c2n1. The van der Waals surface area contributed by atoms with Crippen molar-refractivity contribution in [3.05, 3.63) is 34.7 Å². The molecule has 0 atom stereocenters. The van der Waals surface area contributed by atoms with Crippen molar-refractivity contribution >= 4 is 17.2 Å². The molecule has 0 N–H and O–H groups in total. The number of aromatic nitrogens is 2. The molecule has 0 spiro atoms. The highest BCUT2D eigenvalue weighted by Gasteiger charge is 2.16. The third-order valence-corrected chi connectivity index (χ3v) is 2.77. The van der Waals surface area contributed by atoms with E-state index in [9.17, 15) is 0 Å². The van der Waals surface area contributed by atoms with Crippen LogP contribution in [-0.2, 0) is 5.41 Å². The molecule has 0 aromatic carbocycles. The number of aryl methyl sites for hydroxylation is 1. The molecule has 0 saturated heterocycles. The maximum Gasteiger partial charge on any atom is 0.155 e. The van der Waals surface area contributed by atoms with Gasteiger partial charge in [0, 0.05) is 12.4 Å². The van der Waals surface area contributed by atoms with Gasteiger partial charge in [0.2, 0.25) is 0 Å². The van der Waals surface area contributed by atoms with Gasteiger partial charge in [-0.05, 0) is 24.0 Å². The Kier molecular flexibility index (Phi) is 2.27. The third kappa shape index (κ3) is 1.86. The fourth-order valence-electron chi connectivity index (χ4n) is 1.59. The summed E-state index contributed by atoms with van der Waals surface area (Å²) in [7, 11) is 0. The topological polar surface area (TPSA) is 17.3 Å². The molecule has 2 heterocycles. The van der Waals surface area contributed by atoms with Crippen molar-refractivity contribution in [2.75, 3.05) is 0 Å².